The van der Waals surface area contributed by atoms with Gasteiger partial charge in [-0.3, -0.25) is 5.43 Å². The van der Waals surface area contributed by atoms with E-state index in [0.717, 1.165) is 29.9 Å². The predicted molar refractivity (Wildman–Crippen MR) is 101 cm³/mol. The van der Waals surface area contributed by atoms with Gasteiger partial charge < -0.3 is 10.2 Å². The summed E-state index contributed by atoms with van der Waals surface area (Å²) < 4.78 is 0. The van der Waals surface area contributed by atoms with Crippen LogP contribution in [0.25, 0.3) is 0 Å². The van der Waals surface area contributed by atoms with Crippen LogP contribution in [0, 0.1) is 18.3 Å². The molecule has 2 N–H and O–H groups in total. The van der Waals surface area contributed by atoms with Crippen molar-refractivity contribution in [3.63, 3.8) is 0 Å². The average molecular weight is 329 g/mol. The third kappa shape index (κ3) is 6.49. The van der Waals surface area contributed by atoms with Crippen molar-refractivity contribution in [3.05, 3.63) is 42.0 Å². The van der Waals surface area contributed by atoms with Gasteiger partial charge in [-0.25, -0.2) is 0 Å². The molecular formula is C17H23N5S. The van der Waals surface area contributed by atoms with Crippen LogP contribution < -0.4 is 15.6 Å². The Kier molecular flexibility index (Phi) is 8.40. The molecule has 0 fully saturated rings. The summed E-state index contributed by atoms with van der Waals surface area (Å²) in [4.78, 5) is 2.18. The fourth-order valence-corrected chi connectivity index (χ4v) is 2.16. The second-order valence-electron chi connectivity index (χ2n) is 4.90. The molecule has 0 aliphatic heterocycles. The Morgan fingerprint density at radius 2 is 2.30 bits per heavy atom. The molecule has 6 heteroatoms. The van der Waals surface area contributed by atoms with Crippen LogP contribution in [0.3, 0.4) is 0 Å². The lowest BCUT2D eigenvalue weighted by Gasteiger charge is -2.22. The maximum atomic E-state index is 8.73. The van der Waals surface area contributed by atoms with E-state index >= 15 is 0 Å². The van der Waals surface area contributed by atoms with Crippen LogP contribution in [0.1, 0.15) is 24.5 Å². The number of aryl methyl sites for hydroxylation is 1. The SMILES string of the molecule is C=CCNC(=S)N/N=C\c1ccc(N(CC)CCC#N)cc1C. The van der Waals surface area contributed by atoms with Crippen LogP contribution in [-0.4, -0.2) is 31.0 Å². The number of thiocarbonyl (C=S) groups is 1. The number of anilines is 1. The van der Waals surface area contributed by atoms with E-state index < -0.39 is 0 Å². The van der Waals surface area contributed by atoms with Gasteiger partial charge in [-0.05, 0) is 49.3 Å². The van der Waals surface area contributed by atoms with Crippen molar-refractivity contribution in [1.82, 2.24) is 10.7 Å². The average Bonchev–Trinajstić information content (AvgIpc) is 2.55. The molecule has 0 atom stereocenters. The number of nitrogens with one attached hydrogen (secondary N) is 2. The quantitative estimate of drug-likeness (QED) is 0.332. The number of hydrogen-bond donors (Lipinski definition) is 2. The van der Waals surface area contributed by atoms with Crippen LogP contribution in [0.4, 0.5) is 5.69 Å². The minimum absolute atomic E-state index is 0.462. The second-order valence-corrected chi connectivity index (χ2v) is 5.31. The van der Waals surface area contributed by atoms with Gasteiger partial charge in [0, 0.05) is 25.3 Å². The summed E-state index contributed by atoms with van der Waals surface area (Å²) in [7, 11) is 0. The molecule has 0 saturated heterocycles. The first-order chi connectivity index (χ1) is 11.1. The summed E-state index contributed by atoms with van der Waals surface area (Å²) >= 11 is 5.06. The largest absolute Gasteiger partial charge is 0.371 e. The first-order valence-corrected chi connectivity index (χ1v) is 7.93. The Balaban J connectivity index is 2.70. The Bertz CT molecular complexity index is 603. The molecular weight excluding hydrogens is 306 g/mol. The van der Waals surface area contributed by atoms with E-state index in [1.807, 2.05) is 19.1 Å². The molecule has 0 heterocycles. The molecule has 1 rings (SSSR count). The van der Waals surface area contributed by atoms with Crippen molar-refractivity contribution in [3.8, 4) is 6.07 Å². The highest BCUT2D eigenvalue weighted by Gasteiger charge is 2.05. The molecule has 0 aliphatic rings. The van der Waals surface area contributed by atoms with Gasteiger partial charge >= 0.3 is 0 Å². The molecule has 1 aromatic rings. The molecule has 0 unspecified atom stereocenters. The minimum atomic E-state index is 0.462. The first kappa shape index (κ1) is 18.7. The van der Waals surface area contributed by atoms with Crippen LogP contribution in [0.15, 0.2) is 36.0 Å². The van der Waals surface area contributed by atoms with E-state index in [0.29, 0.717) is 18.1 Å². The van der Waals surface area contributed by atoms with Crippen LogP contribution in [0.5, 0.6) is 0 Å². The maximum Gasteiger partial charge on any atom is 0.187 e. The third-order valence-electron chi connectivity index (χ3n) is 3.27. The van der Waals surface area contributed by atoms with Crippen LogP contribution in [0.2, 0.25) is 0 Å². The van der Waals surface area contributed by atoms with Crippen molar-refractivity contribution in [2.24, 2.45) is 5.10 Å². The highest BCUT2D eigenvalue weighted by atomic mass is 32.1. The van der Waals surface area contributed by atoms with Crippen molar-refractivity contribution in [2.75, 3.05) is 24.5 Å². The van der Waals surface area contributed by atoms with Gasteiger partial charge in [0.15, 0.2) is 5.11 Å². The van der Waals surface area contributed by atoms with Crippen molar-refractivity contribution < 1.29 is 0 Å². The van der Waals surface area contributed by atoms with Gasteiger partial charge in [-0.15, -0.1) is 6.58 Å². The van der Waals surface area contributed by atoms with E-state index in [2.05, 4.69) is 46.4 Å². The zero-order valence-corrected chi connectivity index (χ0v) is 14.5. The van der Waals surface area contributed by atoms with Crippen molar-refractivity contribution in [1.29, 1.82) is 5.26 Å². The van der Waals surface area contributed by atoms with E-state index in [1.54, 1.807) is 12.3 Å². The number of hydrazone groups is 1. The molecule has 0 aliphatic carbocycles. The van der Waals surface area contributed by atoms with Crippen LogP contribution in [-0.2, 0) is 0 Å². The highest BCUT2D eigenvalue weighted by Crippen LogP contribution is 2.18. The van der Waals surface area contributed by atoms with Gasteiger partial charge in [0.2, 0.25) is 0 Å². The minimum Gasteiger partial charge on any atom is -0.371 e. The van der Waals surface area contributed by atoms with Crippen molar-refractivity contribution in [2.45, 2.75) is 20.3 Å². The summed E-state index contributed by atoms with van der Waals surface area (Å²) in [5.74, 6) is 0. The summed E-state index contributed by atoms with van der Waals surface area (Å²) in [6.07, 6.45) is 3.99. The van der Waals surface area contributed by atoms with E-state index in [4.69, 9.17) is 17.5 Å². The lowest BCUT2D eigenvalue weighted by atomic mass is 10.1. The van der Waals surface area contributed by atoms with E-state index in [9.17, 15) is 0 Å². The van der Waals surface area contributed by atoms with Gasteiger partial charge in [0.25, 0.3) is 0 Å². The van der Waals surface area contributed by atoms with Crippen molar-refractivity contribution >= 4 is 29.2 Å². The number of hydrogen-bond acceptors (Lipinski definition) is 4. The fourth-order valence-electron chi connectivity index (χ4n) is 2.02. The van der Waals surface area contributed by atoms with Gasteiger partial charge in [0.1, 0.15) is 0 Å². The second kappa shape index (κ2) is 10.4. The van der Waals surface area contributed by atoms with E-state index in [-0.39, 0.29) is 0 Å². The summed E-state index contributed by atoms with van der Waals surface area (Å²) in [6.45, 7) is 9.95. The summed E-state index contributed by atoms with van der Waals surface area (Å²) in [6, 6.07) is 8.36. The summed E-state index contributed by atoms with van der Waals surface area (Å²) in [5, 5.41) is 16.3. The Morgan fingerprint density at radius 3 is 2.91 bits per heavy atom. The maximum absolute atomic E-state index is 8.73. The molecule has 0 saturated carbocycles. The Hall–Kier alpha value is -2.39. The summed E-state index contributed by atoms with van der Waals surface area (Å²) in [5.41, 5.74) is 6.02. The van der Waals surface area contributed by atoms with Gasteiger partial charge in [-0.1, -0.05) is 12.1 Å². The lowest BCUT2D eigenvalue weighted by molar-refractivity contribution is 0.826. The number of benzene rings is 1. The molecule has 0 radical (unpaired) electrons. The molecule has 23 heavy (non-hydrogen) atoms. The van der Waals surface area contributed by atoms with Crippen LogP contribution >= 0.6 is 12.2 Å². The number of rotatable bonds is 8. The van der Waals surface area contributed by atoms with Gasteiger partial charge in [-0.2, -0.15) is 10.4 Å². The van der Waals surface area contributed by atoms with Gasteiger partial charge in [0.05, 0.1) is 18.7 Å². The number of nitriles is 1. The molecule has 0 amide bonds. The standard InChI is InChI=1S/C17H23N5S/c1-4-10-19-17(23)21-20-13-15-7-8-16(12-14(15)3)22(5-2)11-6-9-18/h4,7-8,12-13H,1,5-6,10-11H2,2-3H3,(H2,19,21,23)/b20-13-. The Morgan fingerprint density at radius 1 is 1.52 bits per heavy atom. The molecule has 0 bridgehead atoms. The molecule has 5 nitrogen and oxygen atoms in total. The monoisotopic (exact) mass is 329 g/mol. The fraction of sp³-hybridized carbons (Fsp3) is 0.353. The molecule has 0 spiro atoms. The smallest absolute Gasteiger partial charge is 0.187 e. The third-order valence-corrected chi connectivity index (χ3v) is 3.51. The normalized spacial score (nSPS) is 10.1. The predicted octanol–water partition coefficient (Wildman–Crippen LogP) is 2.72. The van der Waals surface area contributed by atoms with E-state index in [1.165, 1.54) is 0 Å². The topological polar surface area (TPSA) is 63.5 Å². The highest BCUT2D eigenvalue weighted by molar-refractivity contribution is 7.80. The number of nitrogens with zero attached hydrogens (tertiary/aromatic N) is 3. The lowest BCUT2D eigenvalue weighted by Crippen LogP contribution is -2.31. The Labute approximate surface area is 143 Å². The molecule has 122 valence electrons. The zero-order chi connectivity index (χ0) is 17.1. The molecule has 0 aromatic heterocycles. The first-order valence-electron chi connectivity index (χ1n) is 7.52. The molecule has 1 aromatic carbocycles. The zero-order valence-electron chi connectivity index (χ0n) is 13.7.